The molecular weight excluding hydrogens is 298 g/mol. The second-order valence-electron chi connectivity index (χ2n) is 4.16. The van der Waals surface area contributed by atoms with Gasteiger partial charge in [0.1, 0.15) is 6.04 Å². The van der Waals surface area contributed by atoms with E-state index in [-0.39, 0.29) is 6.42 Å². The molecule has 0 aliphatic carbocycles. The molecule has 1 amide bonds. The SMILES string of the molecule is O=C(N[C@H](Cc1ccccc1)C(=O)O)c1ccc(Cl)s1. The zero-order valence-electron chi connectivity index (χ0n) is 10.4. The molecular formula is C14H12ClNO3S. The van der Waals surface area contributed by atoms with Crippen LogP contribution in [0.2, 0.25) is 4.34 Å². The van der Waals surface area contributed by atoms with Crippen molar-refractivity contribution in [1.82, 2.24) is 5.32 Å². The van der Waals surface area contributed by atoms with Crippen molar-refractivity contribution in [3.63, 3.8) is 0 Å². The van der Waals surface area contributed by atoms with E-state index in [0.717, 1.165) is 16.9 Å². The second-order valence-corrected chi connectivity index (χ2v) is 5.87. The van der Waals surface area contributed by atoms with Crippen LogP contribution < -0.4 is 5.32 Å². The lowest BCUT2D eigenvalue weighted by Crippen LogP contribution is -2.42. The molecule has 0 unspecified atom stereocenters. The van der Waals surface area contributed by atoms with Gasteiger partial charge in [-0.1, -0.05) is 41.9 Å². The van der Waals surface area contributed by atoms with Gasteiger partial charge < -0.3 is 10.4 Å². The quantitative estimate of drug-likeness (QED) is 0.892. The predicted molar refractivity (Wildman–Crippen MR) is 78.4 cm³/mol. The van der Waals surface area contributed by atoms with Gasteiger partial charge in [0, 0.05) is 6.42 Å². The number of halogens is 1. The lowest BCUT2D eigenvalue weighted by atomic mass is 10.1. The number of aliphatic carboxylic acids is 1. The highest BCUT2D eigenvalue weighted by molar-refractivity contribution is 7.18. The fourth-order valence-electron chi connectivity index (χ4n) is 1.72. The number of hydrogen-bond acceptors (Lipinski definition) is 3. The van der Waals surface area contributed by atoms with Crippen molar-refractivity contribution in [3.8, 4) is 0 Å². The lowest BCUT2D eigenvalue weighted by Gasteiger charge is -2.14. The van der Waals surface area contributed by atoms with Gasteiger partial charge in [-0.15, -0.1) is 11.3 Å². The number of nitrogens with one attached hydrogen (secondary N) is 1. The molecule has 2 aromatic rings. The molecule has 0 saturated carbocycles. The van der Waals surface area contributed by atoms with Crippen LogP contribution in [0, 0.1) is 0 Å². The molecule has 1 heterocycles. The smallest absolute Gasteiger partial charge is 0.326 e. The third-order valence-corrected chi connectivity index (χ3v) is 3.91. The summed E-state index contributed by atoms with van der Waals surface area (Å²) in [6.07, 6.45) is 0.237. The maximum Gasteiger partial charge on any atom is 0.326 e. The fourth-order valence-corrected chi connectivity index (χ4v) is 2.66. The van der Waals surface area contributed by atoms with E-state index in [2.05, 4.69) is 5.32 Å². The minimum Gasteiger partial charge on any atom is -0.480 e. The van der Waals surface area contributed by atoms with E-state index in [4.69, 9.17) is 11.6 Å². The summed E-state index contributed by atoms with van der Waals surface area (Å²) in [6.45, 7) is 0. The third kappa shape index (κ3) is 3.82. The van der Waals surface area contributed by atoms with Gasteiger partial charge in [0.25, 0.3) is 5.91 Å². The molecule has 0 aliphatic rings. The Morgan fingerprint density at radius 2 is 1.90 bits per heavy atom. The normalized spacial score (nSPS) is 11.8. The van der Waals surface area contributed by atoms with Gasteiger partial charge in [-0.3, -0.25) is 4.79 Å². The first-order valence-electron chi connectivity index (χ1n) is 5.89. The number of hydrogen-bond donors (Lipinski definition) is 2. The van der Waals surface area contributed by atoms with Gasteiger partial charge in [0.2, 0.25) is 0 Å². The number of amides is 1. The Hall–Kier alpha value is -1.85. The number of benzene rings is 1. The molecule has 2 rings (SSSR count). The van der Waals surface area contributed by atoms with E-state index in [1.807, 2.05) is 30.3 Å². The first kappa shape index (κ1) is 14.6. The van der Waals surface area contributed by atoms with Gasteiger partial charge in [0.05, 0.1) is 9.21 Å². The first-order chi connectivity index (χ1) is 9.56. The molecule has 0 bridgehead atoms. The maximum atomic E-state index is 11.9. The standard InChI is InChI=1S/C14H12ClNO3S/c15-12-7-6-11(20-12)13(17)16-10(14(18)19)8-9-4-2-1-3-5-9/h1-7,10H,8H2,(H,16,17)(H,18,19)/t10-/m1/s1. The molecule has 4 nitrogen and oxygen atoms in total. The highest BCUT2D eigenvalue weighted by atomic mass is 35.5. The molecule has 6 heteroatoms. The fraction of sp³-hybridized carbons (Fsp3) is 0.143. The Labute approximate surface area is 125 Å². The predicted octanol–water partition coefficient (Wildman–Crippen LogP) is 2.83. The minimum absolute atomic E-state index is 0.237. The van der Waals surface area contributed by atoms with Crippen LogP contribution in [-0.2, 0) is 11.2 Å². The molecule has 104 valence electrons. The number of rotatable bonds is 5. The van der Waals surface area contributed by atoms with Crippen LogP contribution >= 0.6 is 22.9 Å². The topological polar surface area (TPSA) is 66.4 Å². The van der Waals surface area contributed by atoms with E-state index in [1.54, 1.807) is 12.1 Å². The third-order valence-electron chi connectivity index (χ3n) is 2.68. The number of carboxylic acid groups (broad SMARTS) is 1. The van der Waals surface area contributed by atoms with Crippen molar-refractivity contribution in [2.45, 2.75) is 12.5 Å². The van der Waals surface area contributed by atoms with Crippen LogP contribution in [0.25, 0.3) is 0 Å². The van der Waals surface area contributed by atoms with Crippen LogP contribution in [0.1, 0.15) is 15.2 Å². The highest BCUT2D eigenvalue weighted by Gasteiger charge is 2.21. The summed E-state index contributed by atoms with van der Waals surface area (Å²) in [5.74, 6) is -1.49. The van der Waals surface area contributed by atoms with Crippen molar-refractivity contribution < 1.29 is 14.7 Å². The van der Waals surface area contributed by atoms with E-state index >= 15 is 0 Å². The Balaban J connectivity index is 2.06. The summed E-state index contributed by atoms with van der Waals surface area (Å²) < 4.78 is 0.491. The van der Waals surface area contributed by atoms with Gasteiger partial charge in [0.15, 0.2) is 0 Å². The molecule has 0 saturated heterocycles. The zero-order chi connectivity index (χ0) is 14.5. The molecule has 2 N–H and O–H groups in total. The molecule has 0 fully saturated rings. The maximum absolute atomic E-state index is 11.9. The molecule has 0 spiro atoms. The molecule has 1 aromatic carbocycles. The van der Waals surface area contributed by atoms with Crippen molar-refractivity contribution in [2.75, 3.05) is 0 Å². The summed E-state index contributed by atoms with van der Waals surface area (Å²) in [6, 6.07) is 11.4. The van der Waals surface area contributed by atoms with E-state index in [0.29, 0.717) is 9.21 Å². The number of carboxylic acids is 1. The minimum atomic E-state index is -1.06. The second kappa shape index (κ2) is 6.54. The van der Waals surface area contributed by atoms with Crippen LogP contribution in [0.15, 0.2) is 42.5 Å². The van der Waals surface area contributed by atoms with Gasteiger partial charge in [-0.25, -0.2) is 4.79 Å². The molecule has 0 aliphatic heterocycles. The monoisotopic (exact) mass is 309 g/mol. The number of carbonyl (C=O) groups is 2. The summed E-state index contributed by atoms with van der Waals surface area (Å²) in [4.78, 5) is 23.6. The average molecular weight is 310 g/mol. The molecule has 1 aromatic heterocycles. The van der Waals surface area contributed by atoms with Crippen molar-refractivity contribution in [1.29, 1.82) is 0 Å². The first-order valence-corrected chi connectivity index (χ1v) is 7.08. The Morgan fingerprint density at radius 1 is 1.20 bits per heavy atom. The number of thiophene rings is 1. The van der Waals surface area contributed by atoms with Crippen LogP contribution in [0.4, 0.5) is 0 Å². The highest BCUT2D eigenvalue weighted by Crippen LogP contribution is 2.21. The van der Waals surface area contributed by atoms with E-state index in [9.17, 15) is 14.7 Å². The Morgan fingerprint density at radius 3 is 2.45 bits per heavy atom. The molecule has 0 radical (unpaired) electrons. The Kier molecular flexibility index (Phi) is 4.76. The summed E-state index contributed by atoms with van der Waals surface area (Å²) in [7, 11) is 0. The van der Waals surface area contributed by atoms with Crippen molar-refractivity contribution in [3.05, 3.63) is 57.2 Å². The van der Waals surface area contributed by atoms with Gasteiger partial charge in [-0.05, 0) is 17.7 Å². The lowest BCUT2D eigenvalue weighted by molar-refractivity contribution is -0.139. The van der Waals surface area contributed by atoms with Crippen LogP contribution in [0.3, 0.4) is 0 Å². The summed E-state index contributed by atoms with van der Waals surface area (Å²) in [5, 5.41) is 11.7. The number of carbonyl (C=O) groups excluding carboxylic acids is 1. The summed E-state index contributed by atoms with van der Waals surface area (Å²) in [5.41, 5.74) is 0.851. The van der Waals surface area contributed by atoms with Crippen molar-refractivity contribution in [2.24, 2.45) is 0 Å². The zero-order valence-corrected chi connectivity index (χ0v) is 11.9. The molecule has 20 heavy (non-hydrogen) atoms. The van der Waals surface area contributed by atoms with Crippen LogP contribution in [0.5, 0.6) is 0 Å². The van der Waals surface area contributed by atoms with Gasteiger partial charge in [-0.2, -0.15) is 0 Å². The molecule has 1 atom stereocenters. The van der Waals surface area contributed by atoms with E-state index < -0.39 is 17.9 Å². The average Bonchev–Trinajstić information content (AvgIpc) is 2.86. The van der Waals surface area contributed by atoms with Gasteiger partial charge >= 0.3 is 5.97 Å². The summed E-state index contributed by atoms with van der Waals surface area (Å²) >= 11 is 6.87. The van der Waals surface area contributed by atoms with Crippen molar-refractivity contribution >= 4 is 34.8 Å². The van der Waals surface area contributed by atoms with E-state index in [1.165, 1.54) is 0 Å². The van der Waals surface area contributed by atoms with Crippen LogP contribution in [-0.4, -0.2) is 23.0 Å². The Bertz CT molecular complexity index is 612. The largest absolute Gasteiger partial charge is 0.480 e.